The van der Waals surface area contributed by atoms with E-state index in [1.807, 2.05) is 0 Å². The summed E-state index contributed by atoms with van der Waals surface area (Å²) >= 11 is 0. The van der Waals surface area contributed by atoms with Gasteiger partial charge >= 0.3 is 12.1 Å². The first kappa shape index (κ1) is 19.1. The molecule has 1 atom stereocenters. The van der Waals surface area contributed by atoms with E-state index in [0.29, 0.717) is 25.9 Å². The molecule has 4 fully saturated rings. The predicted molar refractivity (Wildman–Crippen MR) is 72.8 cm³/mol. The van der Waals surface area contributed by atoms with Crippen LogP contribution in [-0.2, 0) is 23.9 Å². The summed E-state index contributed by atoms with van der Waals surface area (Å²) in [6, 6.07) is -0.651. The van der Waals surface area contributed by atoms with Crippen LogP contribution < -0.4 is 16.4 Å². The zero-order chi connectivity index (χ0) is 19.0. The van der Waals surface area contributed by atoms with E-state index in [4.69, 9.17) is 20.4 Å². The summed E-state index contributed by atoms with van der Waals surface area (Å²) in [4.78, 5) is 43.5. The van der Waals surface area contributed by atoms with Gasteiger partial charge < -0.3 is 20.9 Å². The SMILES string of the molecule is NC12COC(C(=O)NC3CCC(=O)NC3=O)(C1)C2.O=C(O)C(F)(F)F. The molecule has 25 heavy (non-hydrogen) atoms. The quantitative estimate of drug-likeness (QED) is 0.448. The highest BCUT2D eigenvalue weighted by Gasteiger charge is 2.65. The lowest BCUT2D eigenvalue weighted by molar-refractivity contribution is -0.192. The molecular formula is C13H16F3N3O6. The molecule has 4 aliphatic rings. The van der Waals surface area contributed by atoms with Crippen LogP contribution in [-0.4, -0.2) is 58.8 Å². The highest BCUT2D eigenvalue weighted by Crippen LogP contribution is 2.50. The van der Waals surface area contributed by atoms with E-state index in [9.17, 15) is 27.6 Å². The molecule has 2 bridgehead atoms. The summed E-state index contributed by atoms with van der Waals surface area (Å²) in [5.74, 6) is -3.80. The third kappa shape index (κ3) is 4.07. The Kier molecular flexibility index (Phi) is 4.79. The van der Waals surface area contributed by atoms with Crippen molar-refractivity contribution in [2.75, 3.05) is 6.61 Å². The Balaban J connectivity index is 0.000000277. The number of alkyl halides is 3. The van der Waals surface area contributed by atoms with E-state index in [2.05, 4.69) is 10.6 Å². The lowest BCUT2D eigenvalue weighted by Gasteiger charge is -2.41. The number of fused-ring (bicyclic) bond motifs is 1. The molecule has 0 radical (unpaired) electrons. The topological polar surface area (TPSA) is 148 Å². The van der Waals surface area contributed by atoms with Crippen molar-refractivity contribution in [1.82, 2.24) is 10.6 Å². The normalized spacial score (nSPS) is 33.5. The number of aliphatic carboxylic acids is 1. The number of carboxylic acids is 1. The summed E-state index contributed by atoms with van der Waals surface area (Å²) in [7, 11) is 0. The van der Waals surface area contributed by atoms with Gasteiger partial charge in [0.2, 0.25) is 11.8 Å². The molecular weight excluding hydrogens is 351 g/mol. The fourth-order valence-corrected chi connectivity index (χ4v) is 2.92. The van der Waals surface area contributed by atoms with Crippen molar-refractivity contribution in [2.24, 2.45) is 5.73 Å². The monoisotopic (exact) mass is 367 g/mol. The van der Waals surface area contributed by atoms with Gasteiger partial charge in [-0.3, -0.25) is 19.7 Å². The van der Waals surface area contributed by atoms with E-state index in [1.54, 1.807) is 0 Å². The van der Waals surface area contributed by atoms with Crippen LogP contribution >= 0.6 is 0 Å². The molecule has 3 amide bonds. The highest BCUT2D eigenvalue weighted by molar-refractivity contribution is 6.02. The summed E-state index contributed by atoms with van der Waals surface area (Å²) in [6.07, 6.45) is -3.51. The Morgan fingerprint density at radius 3 is 2.28 bits per heavy atom. The molecule has 12 heteroatoms. The van der Waals surface area contributed by atoms with Crippen LogP contribution in [0.1, 0.15) is 25.7 Å². The van der Waals surface area contributed by atoms with Gasteiger partial charge in [0.15, 0.2) is 0 Å². The third-order valence-corrected chi connectivity index (χ3v) is 4.11. The number of halogens is 3. The number of carboxylic acid groups (broad SMARTS) is 1. The average molecular weight is 367 g/mol. The number of ether oxygens (including phenoxy) is 1. The fourth-order valence-electron chi connectivity index (χ4n) is 2.92. The minimum Gasteiger partial charge on any atom is -0.475 e. The average Bonchev–Trinajstić information content (AvgIpc) is 2.96. The van der Waals surface area contributed by atoms with Gasteiger partial charge in [-0.05, 0) is 6.42 Å². The molecule has 3 saturated heterocycles. The van der Waals surface area contributed by atoms with E-state index >= 15 is 0 Å². The lowest BCUT2D eigenvalue weighted by atomic mass is 9.68. The Bertz CT molecular complexity index is 615. The van der Waals surface area contributed by atoms with Crippen LogP contribution in [0.15, 0.2) is 0 Å². The Hall–Kier alpha value is -2.21. The van der Waals surface area contributed by atoms with E-state index in [-0.39, 0.29) is 23.8 Å². The van der Waals surface area contributed by atoms with Crippen LogP contribution in [0, 0.1) is 0 Å². The van der Waals surface area contributed by atoms with Gasteiger partial charge in [-0.2, -0.15) is 13.2 Å². The molecule has 0 spiro atoms. The van der Waals surface area contributed by atoms with Crippen LogP contribution in [0.5, 0.6) is 0 Å². The second kappa shape index (κ2) is 6.26. The summed E-state index contributed by atoms with van der Waals surface area (Å²) in [6.45, 7) is 0.385. The maximum absolute atomic E-state index is 12.1. The van der Waals surface area contributed by atoms with Crippen molar-refractivity contribution < 1.29 is 42.2 Å². The first-order chi connectivity index (χ1) is 11.4. The van der Waals surface area contributed by atoms with Gasteiger partial charge in [-0.1, -0.05) is 0 Å². The van der Waals surface area contributed by atoms with Crippen LogP contribution in [0.3, 0.4) is 0 Å². The van der Waals surface area contributed by atoms with Gasteiger partial charge in [0.25, 0.3) is 5.91 Å². The van der Waals surface area contributed by atoms with Crippen LogP contribution in [0.4, 0.5) is 13.2 Å². The molecule has 0 aromatic rings. The van der Waals surface area contributed by atoms with E-state index in [1.165, 1.54) is 0 Å². The van der Waals surface area contributed by atoms with Crippen LogP contribution in [0.2, 0.25) is 0 Å². The van der Waals surface area contributed by atoms with Gasteiger partial charge in [-0.15, -0.1) is 0 Å². The van der Waals surface area contributed by atoms with E-state index in [0.717, 1.165) is 0 Å². The largest absolute Gasteiger partial charge is 0.490 e. The van der Waals surface area contributed by atoms with E-state index < -0.39 is 29.7 Å². The predicted octanol–water partition coefficient (Wildman–Crippen LogP) is -1.20. The number of piperidine rings is 1. The summed E-state index contributed by atoms with van der Waals surface area (Å²) in [5, 5.41) is 12.0. The molecule has 1 unspecified atom stereocenters. The number of amides is 3. The number of carbonyl (C=O) groups excluding carboxylic acids is 3. The standard InChI is InChI=1S/C11H15N3O4.C2HF3O2/c12-10-3-11(4-10,18-5-10)9(17)13-6-1-2-7(15)14-8(6)16;3-2(4,5)1(6)7/h6H,1-5,12H2,(H,13,17)(H,14,15,16);(H,6,7). The molecule has 0 aromatic carbocycles. The molecule has 5 N–H and O–H groups in total. The first-order valence-electron chi connectivity index (χ1n) is 7.25. The first-order valence-corrected chi connectivity index (χ1v) is 7.25. The Morgan fingerprint density at radius 2 is 1.88 bits per heavy atom. The number of imide groups is 1. The van der Waals surface area contributed by atoms with Crippen molar-refractivity contribution >= 4 is 23.7 Å². The maximum atomic E-state index is 12.1. The van der Waals surface area contributed by atoms with Gasteiger partial charge in [0.1, 0.15) is 11.6 Å². The molecule has 0 aromatic heterocycles. The Morgan fingerprint density at radius 1 is 1.32 bits per heavy atom. The number of carbonyl (C=O) groups is 4. The number of nitrogens with one attached hydrogen (secondary N) is 2. The second-order valence-electron chi connectivity index (χ2n) is 6.28. The summed E-state index contributed by atoms with van der Waals surface area (Å²) < 4.78 is 37.2. The number of nitrogens with two attached hydrogens (primary N) is 1. The van der Waals surface area contributed by atoms with Gasteiger partial charge in [0.05, 0.1) is 6.61 Å². The highest BCUT2D eigenvalue weighted by atomic mass is 19.4. The van der Waals surface area contributed by atoms with Crippen molar-refractivity contribution in [1.29, 1.82) is 0 Å². The third-order valence-electron chi connectivity index (χ3n) is 4.11. The van der Waals surface area contributed by atoms with Gasteiger partial charge in [-0.25, -0.2) is 4.79 Å². The second-order valence-corrected chi connectivity index (χ2v) is 6.28. The Labute approximate surface area is 139 Å². The summed E-state index contributed by atoms with van der Waals surface area (Å²) in [5.41, 5.74) is 4.69. The van der Waals surface area contributed by atoms with Crippen molar-refractivity contribution in [2.45, 2.75) is 49.0 Å². The van der Waals surface area contributed by atoms with Crippen molar-refractivity contribution in [3.8, 4) is 0 Å². The number of rotatable bonds is 2. The smallest absolute Gasteiger partial charge is 0.475 e. The molecule has 4 rings (SSSR count). The zero-order valence-corrected chi connectivity index (χ0v) is 12.8. The van der Waals surface area contributed by atoms with Crippen molar-refractivity contribution in [3.05, 3.63) is 0 Å². The van der Waals surface area contributed by atoms with Gasteiger partial charge in [0, 0.05) is 24.8 Å². The minimum atomic E-state index is -5.08. The molecule has 1 aliphatic carbocycles. The molecule has 9 nitrogen and oxygen atoms in total. The molecule has 3 aliphatic heterocycles. The lowest BCUT2D eigenvalue weighted by Crippen LogP contribution is -2.64. The molecule has 140 valence electrons. The number of hydrogen-bond donors (Lipinski definition) is 4. The van der Waals surface area contributed by atoms with Crippen molar-refractivity contribution in [3.63, 3.8) is 0 Å². The molecule has 1 saturated carbocycles. The zero-order valence-electron chi connectivity index (χ0n) is 12.8. The molecule has 3 heterocycles. The fraction of sp³-hybridized carbons (Fsp3) is 0.692. The maximum Gasteiger partial charge on any atom is 0.490 e. The number of hydrogen-bond acceptors (Lipinski definition) is 6. The van der Waals surface area contributed by atoms with Crippen LogP contribution in [0.25, 0.3) is 0 Å². The minimum absolute atomic E-state index is 0.241.